The minimum Gasteiger partial charge on any atom is -0.313 e. The SMILES string of the molecule is Cc1cc(Br)c(S(=O)(=O)N(C)CC2CCCCN2)cc1Br. The quantitative estimate of drug-likeness (QED) is 0.782. The van der Waals surface area contributed by atoms with Gasteiger partial charge in [0.15, 0.2) is 0 Å². The van der Waals surface area contributed by atoms with Crippen LogP contribution in [0.4, 0.5) is 0 Å². The van der Waals surface area contributed by atoms with Crippen molar-refractivity contribution in [1.29, 1.82) is 0 Å². The average molecular weight is 440 g/mol. The standard InChI is InChI=1S/C14H20Br2N2O2S/c1-10-7-13(16)14(8-12(10)15)21(19,20)18(2)9-11-5-3-4-6-17-11/h7-8,11,17H,3-6,9H2,1-2H3. The molecule has 1 unspecified atom stereocenters. The molecular weight excluding hydrogens is 420 g/mol. The number of benzene rings is 1. The largest absolute Gasteiger partial charge is 0.313 e. The predicted molar refractivity (Wildman–Crippen MR) is 92.0 cm³/mol. The molecule has 0 saturated carbocycles. The van der Waals surface area contributed by atoms with Crippen LogP contribution in [0.3, 0.4) is 0 Å². The summed E-state index contributed by atoms with van der Waals surface area (Å²) in [7, 11) is -1.85. The third-order valence-corrected chi connectivity index (χ3v) is 7.43. The Hall–Kier alpha value is 0.0500. The van der Waals surface area contributed by atoms with Gasteiger partial charge in [-0.15, -0.1) is 0 Å². The van der Waals surface area contributed by atoms with E-state index in [1.165, 1.54) is 10.7 Å². The predicted octanol–water partition coefficient (Wildman–Crippen LogP) is 3.28. The van der Waals surface area contributed by atoms with E-state index in [1.54, 1.807) is 13.1 Å². The Labute approximate surface area is 143 Å². The van der Waals surface area contributed by atoms with E-state index in [0.29, 0.717) is 15.9 Å². The monoisotopic (exact) mass is 438 g/mol. The molecule has 0 spiro atoms. The number of hydrogen-bond acceptors (Lipinski definition) is 3. The van der Waals surface area contributed by atoms with Gasteiger partial charge in [-0.05, 0) is 59.9 Å². The first kappa shape index (κ1) is 17.4. The molecule has 2 rings (SSSR count). The second kappa shape index (κ2) is 7.08. The third-order valence-electron chi connectivity index (χ3n) is 3.79. The molecule has 7 heteroatoms. The molecular formula is C14H20Br2N2O2S. The summed E-state index contributed by atoms with van der Waals surface area (Å²) in [6.45, 7) is 3.40. The van der Waals surface area contributed by atoms with Gasteiger partial charge in [-0.1, -0.05) is 22.4 Å². The first-order valence-electron chi connectivity index (χ1n) is 6.97. The van der Waals surface area contributed by atoms with Crippen molar-refractivity contribution in [2.24, 2.45) is 0 Å². The Balaban J connectivity index is 2.22. The molecule has 118 valence electrons. The topological polar surface area (TPSA) is 49.4 Å². The molecule has 1 aromatic rings. The molecule has 21 heavy (non-hydrogen) atoms. The number of likely N-dealkylation sites (N-methyl/N-ethyl adjacent to an activating group) is 1. The zero-order chi connectivity index (χ0) is 15.6. The van der Waals surface area contributed by atoms with Crippen molar-refractivity contribution < 1.29 is 8.42 Å². The summed E-state index contributed by atoms with van der Waals surface area (Å²) in [6, 6.07) is 3.73. The minimum absolute atomic E-state index is 0.242. The molecule has 0 aliphatic carbocycles. The number of nitrogens with one attached hydrogen (secondary N) is 1. The number of aryl methyl sites for hydroxylation is 1. The molecule has 0 bridgehead atoms. The summed E-state index contributed by atoms with van der Waals surface area (Å²) in [5.41, 5.74) is 0.998. The number of hydrogen-bond donors (Lipinski definition) is 1. The van der Waals surface area contributed by atoms with Gasteiger partial charge in [0.1, 0.15) is 0 Å². The van der Waals surface area contributed by atoms with Crippen molar-refractivity contribution in [3.8, 4) is 0 Å². The fourth-order valence-electron chi connectivity index (χ4n) is 2.48. The summed E-state index contributed by atoms with van der Waals surface area (Å²) >= 11 is 6.77. The highest BCUT2D eigenvalue weighted by molar-refractivity contribution is 9.11. The van der Waals surface area contributed by atoms with Crippen LogP contribution >= 0.6 is 31.9 Å². The number of sulfonamides is 1. The molecule has 1 fully saturated rings. The molecule has 1 atom stereocenters. The summed E-state index contributed by atoms with van der Waals surface area (Å²) in [5, 5.41) is 3.38. The van der Waals surface area contributed by atoms with Gasteiger partial charge >= 0.3 is 0 Å². The molecule has 4 nitrogen and oxygen atoms in total. The maximum atomic E-state index is 12.7. The normalized spacial score (nSPS) is 20.0. The number of rotatable bonds is 4. The highest BCUT2D eigenvalue weighted by atomic mass is 79.9. The van der Waals surface area contributed by atoms with E-state index in [4.69, 9.17) is 0 Å². The van der Waals surface area contributed by atoms with E-state index >= 15 is 0 Å². The highest BCUT2D eigenvalue weighted by Gasteiger charge is 2.27. The Bertz CT molecular complexity index is 614. The van der Waals surface area contributed by atoms with Gasteiger partial charge < -0.3 is 5.32 Å². The number of piperidine rings is 1. The third kappa shape index (κ3) is 4.07. The highest BCUT2D eigenvalue weighted by Crippen LogP contribution is 2.30. The van der Waals surface area contributed by atoms with Gasteiger partial charge in [-0.3, -0.25) is 0 Å². The van der Waals surface area contributed by atoms with Crippen LogP contribution in [0.25, 0.3) is 0 Å². The van der Waals surface area contributed by atoms with Crippen molar-refractivity contribution in [1.82, 2.24) is 9.62 Å². The summed E-state index contributed by atoms with van der Waals surface area (Å²) < 4.78 is 28.3. The van der Waals surface area contributed by atoms with Crippen LogP contribution < -0.4 is 5.32 Å². The van der Waals surface area contributed by atoms with Crippen molar-refractivity contribution in [2.75, 3.05) is 20.1 Å². The smallest absolute Gasteiger partial charge is 0.244 e. The van der Waals surface area contributed by atoms with E-state index in [0.717, 1.165) is 29.4 Å². The maximum absolute atomic E-state index is 12.7. The van der Waals surface area contributed by atoms with Gasteiger partial charge in [0.05, 0.1) is 4.90 Å². The lowest BCUT2D eigenvalue weighted by Gasteiger charge is -2.28. The van der Waals surface area contributed by atoms with E-state index in [-0.39, 0.29) is 6.04 Å². The van der Waals surface area contributed by atoms with E-state index in [2.05, 4.69) is 37.2 Å². The van der Waals surface area contributed by atoms with Crippen molar-refractivity contribution in [3.63, 3.8) is 0 Å². The first-order chi connectivity index (χ1) is 9.82. The van der Waals surface area contributed by atoms with Crippen LogP contribution in [0.2, 0.25) is 0 Å². The Morgan fingerprint density at radius 2 is 2.00 bits per heavy atom. The molecule has 1 aliphatic rings. The fraction of sp³-hybridized carbons (Fsp3) is 0.571. The van der Waals surface area contributed by atoms with Gasteiger partial charge in [-0.25, -0.2) is 8.42 Å². The van der Waals surface area contributed by atoms with E-state index in [9.17, 15) is 8.42 Å². The van der Waals surface area contributed by atoms with E-state index in [1.807, 2.05) is 13.0 Å². The first-order valence-corrected chi connectivity index (χ1v) is 10.0. The molecule has 0 radical (unpaired) electrons. The van der Waals surface area contributed by atoms with Gasteiger partial charge in [0.2, 0.25) is 10.0 Å². The summed E-state index contributed by atoms with van der Waals surface area (Å²) in [4.78, 5) is 0.304. The second-order valence-corrected chi connectivity index (χ2v) is 9.19. The lowest BCUT2D eigenvalue weighted by atomic mass is 10.1. The summed E-state index contributed by atoms with van der Waals surface area (Å²) in [5.74, 6) is 0. The van der Waals surface area contributed by atoms with Crippen molar-refractivity contribution in [3.05, 3.63) is 26.6 Å². The van der Waals surface area contributed by atoms with Crippen molar-refractivity contribution in [2.45, 2.75) is 37.1 Å². The Morgan fingerprint density at radius 1 is 1.29 bits per heavy atom. The number of nitrogens with zero attached hydrogens (tertiary/aromatic N) is 1. The second-order valence-electron chi connectivity index (χ2n) is 5.46. The van der Waals surface area contributed by atoms with E-state index < -0.39 is 10.0 Å². The van der Waals surface area contributed by atoms with Crippen molar-refractivity contribution >= 4 is 41.9 Å². The van der Waals surface area contributed by atoms with Crippen LogP contribution in [-0.4, -0.2) is 38.9 Å². The molecule has 0 amide bonds. The van der Waals surface area contributed by atoms with Gasteiger partial charge in [0, 0.05) is 28.6 Å². The average Bonchev–Trinajstić information content (AvgIpc) is 2.43. The molecule has 1 aliphatic heterocycles. The minimum atomic E-state index is -3.49. The zero-order valence-electron chi connectivity index (χ0n) is 12.2. The lowest BCUT2D eigenvalue weighted by molar-refractivity contribution is 0.337. The molecule has 1 aromatic carbocycles. The van der Waals surface area contributed by atoms with Crippen LogP contribution in [0.1, 0.15) is 24.8 Å². The lowest BCUT2D eigenvalue weighted by Crippen LogP contribution is -2.44. The molecule has 1 N–H and O–H groups in total. The van der Waals surface area contributed by atoms with Crippen LogP contribution in [0.5, 0.6) is 0 Å². The molecule has 1 heterocycles. The van der Waals surface area contributed by atoms with Gasteiger partial charge in [-0.2, -0.15) is 4.31 Å². The van der Waals surface area contributed by atoms with Gasteiger partial charge in [0.25, 0.3) is 0 Å². The van der Waals surface area contributed by atoms with Crippen LogP contribution in [0.15, 0.2) is 26.0 Å². The Morgan fingerprint density at radius 3 is 2.62 bits per heavy atom. The summed E-state index contributed by atoms with van der Waals surface area (Å²) in [6.07, 6.45) is 3.35. The van der Waals surface area contributed by atoms with Crippen LogP contribution in [0, 0.1) is 6.92 Å². The Kier molecular flexibility index (Phi) is 5.87. The zero-order valence-corrected chi connectivity index (χ0v) is 16.2. The fourth-order valence-corrected chi connectivity index (χ4v) is 5.33. The van der Waals surface area contributed by atoms with Crippen LogP contribution in [-0.2, 0) is 10.0 Å². The maximum Gasteiger partial charge on any atom is 0.244 e. The molecule has 0 aromatic heterocycles. The molecule has 1 saturated heterocycles. The number of halogens is 2.